The molecule has 1 atom stereocenters. The van der Waals surface area contributed by atoms with Gasteiger partial charge in [-0.05, 0) is 49.9 Å². The highest BCUT2D eigenvalue weighted by atomic mass is 16.5. The van der Waals surface area contributed by atoms with Crippen LogP contribution in [0, 0.1) is 5.92 Å². The molecule has 1 N–H and O–H groups in total. The number of nitrogens with zero attached hydrogens (tertiary/aromatic N) is 4. The van der Waals surface area contributed by atoms with Gasteiger partial charge in [0.15, 0.2) is 0 Å². The van der Waals surface area contributed by atoms with Crippen LogP contribution in [0.2, 0.25) is 0 Å². The number of hydrogen-bond acceptors (Lipinski definition) is 8. The molecule has 9 heteroatoms. The molecule has 2 aliphatic heterocycles. The Balaban J connectivity index is 1.30. The van der Waals surface area contributed by atoms with Crippen molar-refractivity contribution in [2.45, 2.75) is 31.8 Å². The van der Waals surface area contributed by atoms with Crippen molar-refractivity contribution >= 4 is 22.8 Å². The number of aromatic nitrogens is 3. The molecule has 4 heterocycles. The fourth-order valence-electron chi connectivity index (χ4n) is 4.47. The fourth-order valence-corrected chi connectivity index (χ4v) is 4.47. The van der Waals surface area contributed by atoms with Crippen molar-refractivity contribution in [2.75, 3.05) is 38.3 Å². The second kappa shape index (κ2) is 9.12. The summed E-state index contributed by atoms with van der Waals surface area (Å²) in [7, 11) is 1.64. The van der Waals surface area contributed by atoms with Crippen LogP contribution in [0.5, 0.6) is 5.75 Å². The second-order valence-electron chi connectivity index (χ2n) is 8.28. The molecule has 2 aromatic heterocycles. The lowest BCUT2D eigenvalue weighted by atomic mass is 9.95. The molecule has 168 valence electrons. The molecule has 2 aliphatic rings. The fraction of sp³-hybridized carbons (Fsp3) is 0.478. The van der Waals surface area contributed by atoms with E-state index >= 15 is 0 Å². The first-order chi connectivity index (χ1) is 15.7. The lowest BCUT2D eigenvalue weighted by Crippen LogP contribution is -2.42. The van der Waals surface area contributed by atoms with Crippen LogP contribution in [-0.4, -0.2) is 60.5 Å². The molecule has 0 aliphatic carbocycles. The lowest BCUT2D eigenvalue weighted by Gasteiger charge is -2.32. The summed E-state index contributed by atoms with van der Waals surface area (Å²) < 4.78 is 16.3. The normalized spacial score (nSPS) is 19.4. The minimum Gasteiger partial charge on any atom is -0.497 e. The van der Waals surface area contributed by atoms with E-state index < -0.39 is 0 Å². The van der Waals surface area contributed by atoms with Gasteiger partial charge in [-0.2, -0.15) is 4.98 Å². The Morgan fingerprint density at radius 3 is 2.72 bits per heavy atom. The average Bonchev–Trinajstić information content (AvgIpc) is 3.53. The van der Waals surface area contributed by atoms with Gasteiger partial charge in [0.05, 0.1) is 13.2 Å². The molecule has 2 saturated heterocycles. The number of methoxy groups -OCH3 is 1. The third kappa shape index (κ3) is 4.12. The van der Waals surface area contributed by atoms with Gasteiger partial charge in [0.2, 0.25) is 5.91 Å². The maximum Gasteiger partial charge on any atom is 0.263 e. The highest BCUT2D eigenvalue weighted by Gasteiger charge is 2.29. The van der Waals surface area contributed by atoms with Crippen LogP contribution in [0.15, 0.2) is 35.1 Å². The molecule has 0 saturated carbocycles. The smallest absolute Gasteiger partial charge is 0.263 e. The summed E-state index contributed by atoms with van der Waals surface area (Å²) in [6, 6.07) is 7.66. The summed E-state index contributed by atoms with van der Waals surface area (Å²) in [6.45, 7) is 2.87. The zero-order valence-corrected chi connectivity index (χ0v) is 18.1. The van der Waals surface area contributed by atoms with E-state index in [1.165, 1.54) is 6.33 Å². The van der Waals surface area contributed by atoms with Crippen LogP contribution in [0.1, 0.15) is 25.7 Å². The molecule has 1 amide bonds. The van der Waals surface area contributed by atoms with E-state index in [1.807, 2.05) is 24.3 Å². The summed E-state index contributed by atoms with van der Waals surface area (Å²) in [5.41, 5.74) is 2.07. The molecule has 0 bridgehead atoms. The van der Waals surface area contributed by atoms with Crippen LogP contribution in [0.4, 0.5) is 5.82 Å². The highest BCUT2D eigenvalue weighted by Crippen LogP contribution is 2.35. The number of amides is 1. The number of rotatable bonds is 6. The van der Waals surface area contributed by atoms with E-state index in [0.717, 1.165) is 67.9 Å². The summed E-state index contributed by atoms with van der Waals surface area (Å²) >= 11 is 0. The quantitative estimate of drug-likeness (QED) is 0.628. The molecule has 2 fully saturated rings. The molecule has 0 unspecified atom stereocenters. The van der Waals surface area contributed by atoms with Gasteiger partial charge in [-0.1, -0.05) is 5.16 Å². The zero-order valence-electron chi connectivity index (χ0n) is 18.1. The first-order valence-electron chi connectivity index (χ1n) is 11.1. The molecular formula is C23H27N5O4. The first kappa shape index (κ1) is 20.7. The lowest BCUT2D eigenvalue weighted by molar-refractivity contribution is -0.126. The molecule has 32 heavy (non-hydrogen) atoms. The molecule has 0 radical (unpaired) electrons. The summed E-state index contributed by atoms with van der Waals surface area (Å²) in [5, 5.41) is 8.12. The number of piperidine rings is 1. The largest absolute Gasteiger partial charge is 0.497 e. The van der Waals surface area contributed by atoms with Gasteiger partial charge >= 0.3 is 0 Å². The number of carbonyl (C=O) groups excluding carboxylic acids is 1. The maximum atomic E-state index is 12.6. The van der Waals surface area contributed by atoms with Crippen molar-refractivity contribution in [3.8, 4) is 17.0 Å². The third-order valence-electron chi connectivity index (χ3n) is 6.31. The van der Waals surface area contributed by atoms with E-state index in [1.54, 1.807) is 7.11 Å². The van der Waals surface area contributed by atoms with Crippen molar-refractivity contribution in [1.82, 2.24) is 20.4 Å². The van der Waals surface area contributed by atoms with E-state index in [4.69, 9.17) is 14.0 Å². The molecule has 9 nitrogen and oxygen atoms in total. The molecule has 3 aromatic rings. The minimum absolute atomic E-state index is 0.00788. The van der Waals surface area contributed by atoms with Crippen LogP contribution in [0.25, 0.3) is 22.4 Å². The van der Waals surface area contributed by atoms with Crippen LogP contribution < -0.4 is 15.0 Å². The van der Waals surface area contributed by atoms with E-state index in [-0.39, 0.29) is 17.9 Å². The van der Waals surface area contributed by atoms with Gasteiger partial charge in [0, 0.05) is 37.7 Å². The van der Waals surface area contributed by atoms with Gasteiger partial charge < -0.3 is 24.2 Å². The van der Waals surface area contributed by atoms with E-state index in [0.29, 0.717) is 18.0 Å². The Bertz CT molecular complexity index is 1070. The predicted molar refractivity (Wildman–Crippen MR) is 119 cm³/mol. The predicted octanol–water partition coefficient (Wildman–Crippen LogP) is 2.81. The number of benzene rings is 1. The van der Waals surface area contributed by atoms with Gasteiger partial charge in [-0.3, -0.25) is 4.79 Å². The van der Waals surface area contributed by atoms with Crippen molar-refractivity contribution in [1.29, 1.82) is 0 Å². The third-order valence-corrected chi connectivity index (χ3v) is 6.31. The minimum atomic E-state index is 0.00788. The summed E-state index contributed by atoms with van der Waals surface area (Å²) in [6.07, 6.45) is 5.31. The highest BCUT2D eigenvalue weighted by molar-refractivity contribution is 5.98. The Morgan fingerprint density at radius 1 is 1.19 bits per heavy atom. The Hall–Kier alpha value is -3.20. The molecule has 5 rings (SSSR count). The Morgan fingerprint density at radius 2 is 2.00 bits per heavy atom. The van der Waals surface area contributed by atoms with Gasteiger partial charge in [0.25, 0.3) is 5.71 Å². The topological polar surface area (TPSA) is 103 Å². The Kier molecular flexibility index (Phi) is 5.89. The van der Waals surface area contributed by atoms with Crippen LogP contribution >= 0.6 is 0 Å². The van der Waals surface area contributed by atoms with Gasteiger partial charge in [-0.25, -0.2) is 4.98 Å². The van der Waals surface area contributed by atoms with E-state index in [9.17, 15) is 4.79 Å². The summed E-state index contributed by atoms with van der Waals surface area (Å²) in [5.74, 6) is 1.70. The maximum absolute atomic E-state index is 12.6. The second-order valence-corrected chi connectivity index (χ2v) is 8.28. The number of nitrogens with one attached hydrogen (secondary N) is 1. The number of fused-ring (bicyclic) bond motifs is 1. The molecule has 1 aromatic carbocycles. The SMILES string of the molecule is COc1ccc(-c2noc3ncnc(N4CCC(C(=O)NC[C@H]5CCCO5)CC4)c23)cc1. The Labute approximate surface area is 186 Å². The number of carbonyl (C=O) groups is 1. The van der Waals surface area contributed by atoms with Gasteiger partial charge in [0.1, 0.15) is 29.0 Å². The zero-order chi connectivity index (χ0) is 21.9. The van der Waals surface area contributed by atoms with Crippen molar-refractivity contribution < 1.29 is 18.8 Å². The molecule has 0 spiro atoms. The van der Waals surface area contributed by atoms with Crippen molar-refractivity contribution in [3.63, 3.8) is 0 Å². The molecular weight excluding hydrogens is 410 g/mol. The monoisotopic (exact) mass is 437 g/mol. The van der Waals surface area contributed by atoms with Crippen LogP contribution in [0.3, 0.4) is 0 Å². The standard InChI is InChI=1S/C23H27N5O4/c1-30-17-6-4-15(5-7-17)20-19-21(25-14-26-23(19)32-27-20)28-10-8-16(9-11-28)22(29)24-13-18-3-2-12-31-18/h4-7,14,16,18H,2-3,8-13H2,1H3,(H,24,29)/t18-/m1/s1. The van der Waals surface area contributed by atoms with Crippen molar-refractivity contribution in [2.24, 2.45) is 5.92 Å². The van der Waals surface area contributed by atoms with Crippen molar-refractivity contribution in [3.05, 3.63) is 30.6 Å². The number of ether oxygens (including phenoxy) is 2. The average molecular weight is 438 g/mol. The first-order valence-corrected chi connectivity index (χ1v) is 11.1. The van der Waals surface area contributed by atoms with Gasteiger partial charge in [-0.15, -0.1) is 0 Å². The summed E-state index contributed by atoms with van der Waals surface area (Å²) in [4.78, 5) is 23.6. The number of anilines is 1. The number of hydrogen-bond donors (Lipinski definition) is 1. The van der Waals surface area contributed by atoms with Crippen LogP contribution in [-0.2, 0) is 9.53 Å². The van der Waals surface area contributed by atoms with E-state index in [2.05, 4.69) is 25.3 Å².